The number of carbonyl (C=O) groups is 4. The normalized spacial score (nSPS) is 9.93. The third-order valence-electron chi connectivity index (χ3n) is 3.84. The number of methoxy groups -OCH3 is 2. The molecule has 0 radical (unpaired) electrons. The van der Waals surface area contributed by atoms with Gasteiger partial charge in [-0.25, -0.2) is 9.59 Å². The van der Waals surface area contributed by atoms with E-state index in [9.17, 15) is 19.2 Å². The second kappa shape index (κ2) is 14.7. The molecule has 0 aromatic heterocycles. The molecule has 10 nitrogen and oxygen atoms in total. The van der Waals surface area contributed by atoms with E-state index in [1.165, 1.54) is 14.2 Å². The van der Waals surface area contributed by atoms with Gasteiger partial charge in [0.05, 0.1) is 27.4 Å². The average molecular weight is 424 g/mol. The largest absolute Gasteiger partial charge is 0.469 e. The third kappa shape index (κ3) is 11.5. The fourth-order valence-electron chi connectivity index (χ4n) is 2.27. The van der Waals surface area contributed by atoms with Crippen molar-refractivity contribution in [3.63, 3.8) is 0 Å². The van der Waals surface area contributed by atoms with Gasteiger partial charge in [0.15, 0.2) is 0 Å². The highest BCUT2D eigenvalue weighted by Crippen LogP contribution is 2.05. The first-order chi connectivity index (χ1) is 14.4. The number of ether oxygens (including phenoxy) is 4. The van der Waals surface area contributed by atoms with E-state index in [0.29, 0.717) is 12.8 Å². The van der Waals surface area contributed by atoms with Crippen LogP contribution < -0.4 is 10.6 Å². The van der Waals surface area contributed by atoms with Crippen LogP contribution in [0.3, 0.4) is 0 Å². The quantitative estimate of drug-likeness (QED) is 0.296. The van der Waals surface area contributed by atoms with E-state index in [1.807, 2.05) is 18.2 Å². The summed E-state index contributed by atoms with van der Waals surface area (Å²) < 4.78 is 19.0. The Bertz CT molecular complexity index is 653. The van der Waals surface area contributed by atoms with Crippen molar-refractivity contribution >= 4 is 24.1 Å². The molecule has 1 aromatic rings. The molecule has 0 bridgehead atoms. The molecule has 166 valence electrons. The van der Waals surface area contributed by atoms with Crippen LogP contribution in [0.25, 0.3) is 0 Å². The van der Waals surface area contributed by atoms with E-state index in [4.69, 9.17) is 9.47 Å². The minimum absolute atomic E-state index is 0.118. The first kappa shape index (κ1) is 24.7. The number of amides is 2. The van der Waals surface area contributed by atoms with Gasteiger partial charge >= 0.3 is 24.1 Å². The summed E-state index contributed by atoms with van der Waals surface area (Å²) in [5.41, 5.74) is 1.65. The van der Waals surface area contributed by atoms with Crippen LogP contribution in [0, 0.1) is 0 Å². The van der Waals surface area contributed by atoms with Gasteiger partial charge in [-0.1, -0.05) is 24.3 Å². The van der Waals surface area contributed by atoms with Crippen LogP contribution in [0.4, 0.5) is 9.59 Å². The van der Waals surface area contributed by atoms with E-state index in [1.54, 1.807) is 6.07 Å². The molecule has 0 aliphatic heterocycles. The number of hydrogen-bond donors (Lipinski definition) is 2. The van der Waals surface area contributed by atoms with Crippen LogP contribution in [0.5, 0.6) is 0 Å². The maximum Gasteiger partial charge on any atom is 0.407 e. The van der Waals surface area contributed by atoms with Crippen molar-refractivity contribution in [2.24, 2.45) is 0 Å². The summed E-state index contributed by atoms with van der Waals surface area (Å²) in [6.45, 7) is 0.739. The lowest BCUT2D eigenvalue weighted by Crippen LogP contribution is -2.25. The van der Waals surface area contributed by atoms with Crippen LogP contribution in [0.1, 0.15) is 36.8 Å². The molecule has 0 heterocycles. The van der Waals surface area contributed by atoms with Crippen molar-refractivity contribution in [1.29, 1.82) is 0 Å². The second-order valence-electron chi connectivity index (χ2n) is 6.16. The summed E-state index contributed by atoms with van der Waals surface area (Å²) in [5.74, 6) is -0.705. The molecule has 0 atom stereocenters. The highest BCUT2D eigenvalue weighted by molar-refractivity contribution is 5.70. The molecule has 30 heavy (non-hydrogen) atoms. The molecule has 0 spiro atoms. The predicted molar refractivity (Wildman–Crippen MR) is 105 cm³/mol. The molecule has 1 rings (SSSR count). The van der Waals surface area contributed by atoms with Crippen LogP contribution in [0.15, 0.2) is 24.3 Å². The number of benzene rings is 1. The Morgan fingerprint density at radius 3 is 1.60 bits per heavy atom. The topological polar surface area (TPSA) is 129 Å². The van der Waals surface area contributed by atoms with Gasteiger partial charge in [0.1, 0.15) is 0 Å². The lowest BCUT2D eigenvalue weighted by molar-refractivity contribution is -0.141. The molecule has 2 amide bonds. The van der Waals surface area contributed by atoms with Gasteiger partial charge in [0.25, 0.3) is 0 Å². The standard InChI is InChI=1S/C20H28N2O8/c1-27-17(23)8-4-10-29-19(25)21-13-15-6-3-7-16(12-15)14-22-20(26)30-11-5-9-18(24)28-2/h3,6-7,12H,4-5,8-11,13-14H2,1-2H3,(H,21,25)(H,22,26). The lowest BCUT2D eigenvalue weighted by Gasteiger charge is -2.09. The van der Waals surface area contributed by atoms with E-state index in [-0.39, 0.29) is 51.1 Å². The molecule has 0 aliphatic rings. The Morgan fingerprint density at radius 2 is 1.20 bits per heavy atom. The molecule has 0 saturated heterocycles. The Kier molecular flexibility index (Phi) is 12.1. The van der Waals surface area contributed by atoms with Gasteiger partial charge < -0.3 is 29.6 Å². The molecule has 0 saturated carbocycles. The van der Waals surface area contributed by atoms with E-state index < -0.39 is 12.2 Å². The van der Waals surface area contributed by atoms with Crippen molar-refractivity contribution in [2.45, 2.75) is 38.8 Å². The number of hydrogen-bond acceptors (Lipinski definition) is 8. The Morgan fingerprint density at radius 1 is 0.767 bits per heavy atom. The van der Waals surface area contributed by atoms with Gasteiger partial charge in [-0.2, -0.15) is 0 Å². The van der Waals surface area contributed by atoms with E-state index >= 15 is 0 Å². The molecule has 1 aromatic carbocycles. The molecule has 0 unspecified atom stereocenters. The monoisotopic (exact) mass is 424 g/mol. The minimum atomic E-state index is -0.584. The van der Waals surface area contributed by atoms with Crippen molar-refractivity contribution in [3.8, 4) is 0 Å². The van der Waals surface area contributed by atoms with Gasteiger partial charge in [0.2, 0.25) is 0 Å². The first-order valence-corrected chi connectivity index (χ1v) is 9.47. The van der Waals surface area contributed by atoms with E-state index in [2.05, 4.69) is 20.1 Å². The molecular weight excluding hydrogens is 396 g/mol. The number of esters is 2. The number of rotatable bonds is 12. The molecule has 10 heteroatoms. The highest BCUT2D eigenvalue weighted by atomic mass is 16.6. The number of carbonyl (C=O) groups excluding carboxylic acids is 4. The summed E-state index contributed by atoms with van der Waals surface area (Å²) in [6.07, 6.45) is -0.0167. The van der Waals surface area contributed by atoms with Crippen LogP contribution in [-0.4, -0.2) is 51.6 Å². The predicted octanol–water partition coefficient (Wildman–Crippen LogP) is 2.05. The summed E-state index contributed by atoms with van der Waals surface area (Å²) in [4.78, 5) is 45.3. The summed E-state index contributed by atoms with van der Waals surface area (Å²) >= 11 is 0. The zero-order valence-electron chi connectivity index (χ0n) is 17.2. The molecule has 0 aliphatic carbocycles. The smallest absolute Gasteiger partial charge is 0.407 e. The summed E-state index contributed by atoms with van der Waals surface area (Å²) in [5, 5.41) is 5.23. The molecular formula is C20H28N2O8. The van der Waals surface area contributed by atoms with Crippen molar-refractivity contribution in [3.05, 3.63) is 35.4 Å². The van der Waals surface area contributed by atoms with E-state index in [0.717, 1.165) is 11.1 Å². The summed E-state index contributed by atoms with van der Waals surface area (Å²) in [7, 11) is 2.60. The van der Waals surface area contributed by atoms with Gasteiger partial charge in [-0.05, 0) is 24.0 Å². The minimum Gasteiger partial charge on any atom is -0.469 e. The zero-order valence-corrected chi connectivity index (χ0v) is 17.2. The third-order valence-corrected chi connectivity index (χ3v) is 3.84. The molecule has 0 fully saturated rings. The van der Waals surface area contributed by atoms with Crippen molar-refractivity contribution in [1.82, 2.24) is 10.6 Å². The van der Waals surface area contributed by atoms with Gasteiger partial charge in [-0.3, -0.25) is 9.59 Å². The fraction of sp³-hybridized carbons (Fsp3) is 0.500. The summed E-state index contributed by atoms with van der Waals surface area (Å²) in [6, 6.07) is 7.28. The lowest BCUT2D eigenvalue weighted by atomic mass is 10.1. The van der Waals surface area contributed by atoms with Crippen LogP contribution >= 0.6 is 0 Å². The zero-order chi connectivity index (χ0) is 22.2. The van der Waals surface area contributed by atoms with Crippen LogP contribution in [0.2, 0.25) is 0 Å². The maximum absolute atomic E-state index is 11.7. The second-order valence-corrected chi connectivity index (χ2v) is 6.16. The van der Waals surface area contributed by atoms with Crippen molar-refractivity contribution < 1.29 is 38.1 Å². The Hall–Kier alpha value is -3.30. The van der Waals surface area contributed by atoms with Gasteiger partial charge in [-0.15, -0.1) is 0 Å². The SMILES string of the molecule is COC(=O)CCCOC(=O)NCc1cccc(CNC(=O)OCCCC(=O)OC)c1. The number of nitrogens with one attached hydrogen (secondary N) is 2. The fourth-order valence-corrected chi connectivity index (χ4v) is 2.27. The Balaban J connectivity index is 2.25. The maximum atomic E-state index is 11.7. The highest BCUT2D eigenvalue weighted by Gasteiger charge is 2.07. The molecule has 2 N–H and O–H groups in total. The van der Waals surface area contributed by atoms with Gasteiger partial charge in [0, 0.05) is 25.9 Å². The number of alkyl carbamates (subject to hydrolysis) is 2. The Labute approximate surface area is 175 Å². The van der Waals surface area contributed by atoms with Crippen molar-refractivity contribution in [2.75, 3.05) is 27.4 Å². The average Bonchev–Trinajstić information content (AvgIpc) is 2.76. The first-order valence-electron chi connectivity index (χ1n) is 9.47. The van der Waals surface area contributed by atoms with Crippen LogP contribution in [-0.2, 0) is 41.6 Å².